The number of hydrogen-bond acceptors (Lipinski definition) is 4. The van der Waals surface area contributed by atoms with Crippen LogP contribution in [0.3, 0.4) is 0 Å². The fourth-order valence-electron chi connectivity index (χ4n) is 3.12. The number of halogens is 1. The smallest absolute Gasteiger partial charge is 0.155 e. The maximum Gasteiger partial charge on any atom is 0.155 e. The number of hydrogen-bond donors (Lipinski definition) is 1. The molecule has 21 heavy (non-hydrogen) atoms. The first-order valence-electron chi connectivity index (χ1n) is 7.10. The minimum absolute atomic E-state index is 0.236. The third-order valence-corrected chi connectivity index (χ3v) is 7.41. The number of sulfone groups is 1. The van der Waals surface area contributed by atoms with Crippen LogP contribution in [-0.2, 0) is 9.84 Å². The molecule has 1 fully saturated rings. The third-order valence-electron chi connectivity index (χ3n) is 4.28. The Morgan fingerprint density at radius 1 is 1.38 bits per heavy atom. The molecule has 1 saturated heterocycles. The number of rotatable bonds is 3. The summed E-state index contributed by atoms with van der Waals surface area (Å²) in [4.78, 5) is 0. The highest BCUT2D eigenvalue weighted by Gasteiger charge is 2.36. The van der Waals surface area contributed by atoms with Crippen molar-refractivity contribution in [3.05, 3.63) is 27.2 Å². The summed E-state index contributed by atoms with van der Waals surface area (Å²) in [5.41, 5.74) is 9.09. The second-order valence-corrected chi connectivity index (χ2v) is 8.87. The summed E-state index contributed by atoms with van der Waals surface area (Å²) in [6, 6.07) is 1.42. The average molecular weight is 376 g/mol. The largest absolute Gasteiger partial charge is 0.496 e. The van der Waals surface area contributed by atoms with E-state index in [-0.39, 0.29) is 5.75 Å². The maximum absolute atomic E-state index is 12.3. The molecular formula is C15H22BrNO3S. The van der Waals surface area contributed by atoms with Gasteiger partial charge >= 0.3 is 0 Å². The van der Waals surface area contributed by atoms with Crippen molar-refractivity contribution in [1.82, 2.24) is 0 Å². The van der Waals surface area contributed by atoms with E-state index in [4.69, 9.17) is 10.5 Å². The van der Waals surface area contributed by atoms with E-state index >= 15 is 0 Å². The highest BCUT2D eigenvalue weighted by Crippen LogP contribution is 2.39. The Bertz CT molecular complexity index is 643. The van der Waals surface area contributed by atoms with Gasteiger partial charge in [-0.25, -0.2) is 8.42 Å². The maximum atomic E-state index is 12.3. The molecule has 6 heteroatoms. The van der Waals surface area contributed by atoms with E-state index in [1.165, 1.54) is 0 Å². The summed E-state index contributed by atoms with van der Waals surface area (Å²) < 4.78 is 31.1. The Kier molecular flexibility index (Phi) is 5.00. The van der Waals surface area contributed by atoms with Gasteiger partial charge in [-0.3, -0.25) is 0 Å². The number of aryl methyl sites for hydroxylation is 1. The average Bonchev–Trinajstić information content (AvgIpc) is 2.41. The van der Waals surface area contributed by atoms with E-state index in [0.717, 1.165) is 34.0 Å². The minimum Gasteiger partial charge on any atom is -0.496 e. The zero-order chi connectivity index (χ0) is 15.8. The fourth-order valence-corrected chi connectivity index (χ4v) is 5.69. The third kappa shape index (κ3) is 3.12. The van der Waals surface area contributed by atoms with Crippen molar-refractivity contribution in [3.8, 4) is 5.75 Å². The topological polar surface area (TPSA) is 69.4 Å². The van der Waals surface area contributed by atoms with Gasteiger partial charge in [-0.2, -0.15) is 0 Å². The Balaban J connectivity index is 2.55. The Morgan fingerprint density at radius 2 is 2.05 bits per heavy atom. The molecule has 4 nitrogen and oxygen atoms in total. The van der Waals surface area contributed by atoms with Gasteiger partial charge < -0.3 is 10.5 Å². The molecule has 2 atom stereocenters. The minimum atomic E-state index is -3.13. The molecule has 0 bridgehead atoms. The van der Waals surface area contributed by atoms with Crippen molar-refractivity contribution in [3.63, 3.8) is 0 Å². The van der Waals surface area contributed by atoms with Gasteiger partial charge in [-0.15, -0.1) is 0 Å². The van der Waals surface area contributed by atoms with E-state index in [9.17, 15) is 8.42 Å². The Labute approximate surface area is 135 Å². The number of methoxy groups -OCH3 is 1. The van der Waals surface area contributed by atoms with Crippen LogP contribution >= 0.6 is 15.9 Å². The molecule has 1 aromatic carbocycles. The molecule has 0 spiro atoms. The normalized spacial score (nSPS) is 22.8. The number of nitrogens with two attached hydrogens (primary N) is 1. The highest BCUT2D eigenvalue weighted by atomic mass is 79.9. The molecule has 0 aliphatic carbocycles. The van der Waals surface area contributed by atoms with Crippen molar-refractivity contribution in [2.24, 2.45) is 5.73 Å². The molecule has 2 N–H and O–H groups in total. The Hall–Kier alpha value is -0.590. The standard InChI is InChI=1S/C15H22BrNO3S/c1-9-8-11(16)10(2)13(15(9)20-3)14(17)12-6-4-5-7-21(12,18)19/h8,12,14H,4-7,17H2,1-3H3. The van der Waals surface area contributed by atoms with Gasteiger partial charge in [-0.05, 0) is 43.9 Å². The van der Waals surface area contributed by atoms with Crippen molar-refractivity contribution in [2.45, 2.75) is 44.4 Å². The van der Waals surface area contributed by atoms with E-state index < -0.39 is 21.1 Å². The van der Waals surface area contributed by atoms with Crippen molar-refractivity contribution >= 4 is 25.8 Å². The van der Waals surface area contributed by atoms with Gasteiger partial charge in [0, 0.05) is 10.0 Å². The fraction of sp³-hybridized carbons (Fsp3) is 0.600. The zero-order valence-electron chi connectivity index (χ0n) is 12.6. The van der Waals surface area contributed by atoms with E-state index in [0.29, 0.717) is 12.2 Å². The van der Waals surface area contributed by atoms with Crippen LogP contribution in [0, 0.1) is 13.8 Å². The summed E-state index contributed by atoms with van der Waals surface area (Å²) in [6.45, 7) is 3.88. The van der Waals surface area contributed by atoms with Crippen LogP contribution in [0.25, 0.3) is 0 Å². The molecule has 1 aliphatic rings. The molecule has 118 valence electrons. The van der Waals surface area contributed by atoms with Crippen molar-refractivity contribution in [1.29, 1.82) is 0 Å². The molecular weight excluding hydrogens is 354 g/mol. The van der Waals surface area contributed by atoms with Gasteiger partial charge in [0.15, 0.2) is 9.84 Å². The first kappa shape index (κ1) is 16.8. The summed E-state index contributed by atoms with van der Waals surface area (Å²) in [5.74, 6) is 0.934. The van der Waals surface area contributed by atoms with Gasteiger partial charge in [0.1, 0.15) is 5.75 Å². The SMILES string of the molecule is COc1c(C)cc(Br)c(C)c1C(N)C1CCCCS1(=O)=O. The molecule has 0 saturated carbocycles. The number of benzene rings is 1. The predicted molar refractivity (Wildman–Crippen MR) is 88.5 cm³/mol. The Morgan fingerprint density at radius 3 is 2.62 bits per heavy atom. The lowest BCUT2D eigenvalue weighted by molar-refractivity contribution is 0.398. The van der Waals surface area contributed by atoms with E-state index in [1.54, 1.807) is 7.11 Å². The quantitative estimate of drug-likeness (QED) is 0.881. The zero-order valence-corrected chi connectivity index (χ0v) is 15.1. The highest BCUT2D eigenvalue weighted by molar-refractivity contribution is 9.10. The first-order chi connectivity index (χ1) is 9.79. The van der Waals surface area contributed by atoms with Gasteiger partial charge in [0.2, 0.25) is 0 Å². The summed E-state index contributed by atoms with van der Waals surface area (Å²) in [7, 11) is -1.54. The van der Waals surface area contributed by atoms with E-state index in [1.807, 2.05) is 19.9 Å². The van der Waals surface area contributed by atoms with Gasteiger partial charge in [-0.1, -0.05) is 22.4 Å². The summed E-state index contributed by atoms with van der Waals surface area (Å²) in [5, 5.41) is -0.521. The molecule has 0 radical (unpaired) electrons. The molecule has 1 heterocycles. The monoisotopic (exact) mass is 375 g/mol. The molecule has 0 aromatic heterocycles. The lowest BCUT2D eigenvalue weighted by atomic mass is 9.93. The molecule has 2 unspecified atom stereocenters. The van der Waals surface area contributed by atoms with Crippen LogP contribution in [-0.4, -0.2) is 26.5 Å². The molecule has 1 aromatic rings. The lowest BCUT2D eigenvalue weighted by Gasteiger charge is -2.30. The second-order valence-electron chi connectivity index (χ2n) is 5.67. The van der Waals surface area contributed by atoms with Crippen molar-refractivity contribution in [2.75, 3.05) is 12.9 Å². The number of ether oxygens (including phenoxy) is 1. The van der Waals surface area contributed by atoms with Crippen LogP contribution in [0.4, 0.5) is 0 Å². The molecule has 2 rings (SSSR count). The van der Waals surface area contributed by atoms with E-state index in [2.05, 4.69) is 15.9 Å². The van der Waals surface area contributed by atoms with Gasteiger partial charge in [0.25, 0.3) is 0 Å². The molecule has 0 amide bonds. The van der Waals surface area contributed by atoms with Gasteiger partial charge in [0.05, 0.1) is 24.2 Å². The summed E-state index contributed by atoms with van der Waals surface area (Å²) in [6.07, 6.45) is 2.27. The first-order valence-corrected chi connectivity index (χ1v) is 9.61. The predicted octanol–water partition coefficient (Wildman–Crippen LogP) is 3.04. The van der Waals surface area contributed by atoms with Crippen LogP contribution in [0.15, 0.2) is 10.5 Å². The van der Waals surface area contributed by atoms with Crippen LogP contribution < -0.4 is 10.5 Å². The lowest BCUT2D eigenvalue weighted by Crippen LogP contribution is -2.38. The van der Waals surface area contributed by atoms with Crippen LogP contribution in [0.2, 0.25) is 0 Å². The summed E-state index contributed by atoms with van der Waals surface area (Å²) >= 11 is 3.52. The second kappa shape index (κ2) is 6.26. The van der Waals surface area contributed by atoms with Crippen molar-refractivity contribution < 1.29 is 13.2 Å². The van der Waals surface area contributed by atoms with Crippen LogP contribution in [0.5, 0.6) is 5.75 Å². The molecule has 1 aliphatic heterocycles. The van der Waals surface area contributed by atoms with Crippen LogP contribution in [0.1, 0.15) is 42.0 Å².